The predicted molar refractivity (Wildman–Crippen MR) is 120 cm³/mol. The van der Waals surface area contributed by atoms with Gasteiger partial charge in [0.05, 0.1) is 24.3 Å². The molecular weight excluding hydrogens is 478 g/mol. The highest BCUT2D eigenvalue weighted by Crippen LogP contribution is 2.35. The minimum atomic E-state index is -4.77. The molecule has 0 aliphatic rings. The Morgan fingerprint density at radius 1 is 1.06 bits per heavy atom. The lowest BCUT2D eigenvalue weighted by Gasteiger charge is -2.14. The molecule has 2 aromatic carbocycles. The molecule has 0 saturated heterocycles. The number of ether oxygens (including phenoxy) is 2. The van der Waals surface area contributed by atoms with Crippen LogP contribution in [-0.4, -0.2) is 35.6 Å². The number of anilines is 2. The van der Waals surface area contributed by atoms with Crippen molar-refractivity contribution in [3.8, 4) is 11.5 Å². The van der Waals surface area contributed by atoms with E-state index in [1.807, 2.05) is 0 Å². The number of methoxy groups -OCH3 is 1. The summed E-state index contributed by atoms with van der Waals surface area (Å²) < 4.78 is 61.3. The summed E-state index contributed by atoms with van der Waals surface area (Å²) in [7, 11) is 1.49. The normalized spacial score (nSPS) is 11.5. The number of hydrogen-bond donors (Lipinski definition) is 1. The molecule has 0 saturated carbocycles. The van der Waals surface area contributed by atoms with Crippen molar-refractivity contribution in [2.24, 2.45) is 0 Å². The van der Waals surface area contributed by atoms with Crippen LogP contribution in [-0.2, 0) is 4.79 Å². The van der Waals surface area contributed by atoms with Gasteiger partial charge in [0.15, 0.2) is 11.5 Å². The van der Waals surface area contributed by atoms with E-state index in [1.165, 1.54) is 31.6 Å². The summed E-state index contributed by atoms with van der Waals surface area (Å²) in [6.45, 7) is 0.305. The molecule has 1 aromatic heterocycles. The highest BCUT2D eigenvalue weighted by atomic mass is 35.5. The number of hydrogen-bond acceptors (Lipinski definition) is 6. The number of nitrogens with one attached hydrogen (secondary N) is 1. The first kappa shape index (κ1) is 25.5. The molecule has 0 aliphatic carbocycles. The number of alkyl halides is 3. The Bertz CT molecular complexity index is 1160. The second-order valence-corrected chi connectivity index (χ2v) is 7.84. The first-order valence-electron chi connectivity index (χ1n) is 10.5. The Kier molecular flexibility index (Phi) is 8.49. The van der Waals surface area contributed by atoms with Gasteiger partial charge >= 0.3 is 6.18 Å². The zero-order valence-electron chi connectivity index (χ0n) is 18.2. The van der Waals surface area contributed by atoms with Gasteiger partial charge in [-0.15, -0.1) is 0 Å². The third-order valence-corrected chi connectivity index (χ3v) is 5.26. The van der Waals surface area contributed by atoms with Crippen LogP contribution in [0.4, 0.5) is 29.1 Å². The topological polar surface area (TPSA) is 73.3 Å². The molecule has 34 heavy (non-hydrogen) atoms. The number of carbonyl (C=O) groups excluding carboxylic acids is 1. The summed E-state index contributed by atoms with van der Waals surface area (Å²) >= 11 is 5.85. The van der Waals surface area contributed by atoms with Crippen LogP contribution in [0.1, 0.15) is 32.1 Å². The summed E-state index contributed by atoms with van der Waals surface area (Å²) in [5, 5.41) is 3.68. The Morgan fingerprint density at radius 2 is 1.82 bits per heavy atom. The van der Waals surface area contributed by atoms with Crippen molar-refractivity contribution < 1.29 is 31.8 Å². The first-order chi connectivity index (χ1) is 16.2. The van der Waals surface area contributed by atoms with Crippen molar-refractivity contribution >= 4 is 39.8 Å². The number of carbonyl (C=O) groups is 1. The summed E-state index contributed by atoms with van der Waals surface area (Å²) in [5.41, 5.74) is 1.12. The highest BCUT2D eigenvalue weighted by molar-refractivity contribution is 6.31. The molecule has 0 aliphatic heterocycles. The van der Waals surface area contributed by atoms with Crippen LogP contribution in [0.25, 0.3) is 10.9 Å². The van der Waals surface area contributed by atoms with E-state index < -0.39 is 24.2 Å². The Morgan fingerprint density at radius 3 is 2.53 bits per heavy atom. The molecule has 0 spiro atoms. The van der Waals surface area contributed by atoms with Crippen molar-refractivity contribution in [1.82, 2.24) is 9.97 Å². The largest absolute Gasteiger partial charge is 0.493 e. The number of halogens is 5. The van der Waals surface area contributed by atoms with E-state index in [2.05, 4.69) is 15.3 Å². The maximum atomic E-state index is 13.4. The van der Waals surface area contributed by atoms with Crippen molar-refractivity contribution in [2.45, 2.75) is 38.3 Å². The van der Waals surface area contributed by atoms with Gasteiger partial charge in [-0.05, 0) is 37.1 Å². The first-order valence-corrected chi connectivity index (χ1v) is 10.8. The number of unbranched alkanes of at least 4 members (excludes halogenated alkanes) is 3. The summed E-state index contributed by atoms with van der Waals surface area (Å²) in [6, 6.07) is 7.61. The number of nitrogens with zero attached hydrogens (tertiary/aromatic N) is 2. The lowest BCUT2D eigenvalue weighted by Crippen LogP contribution is -2.22. The SMILES string of the molecule is COc1cc2ncnc(Nc3ccc(F)c(Cl)c3)c2cc1OCCCCCCC(=O)C(F)(F)F. The van der Waals surface area contributed by atoms with E-state index in [-0.39, 0.29) is 11.4 Å². The molecule has 0 unspecified atom stereocenters. The van der Waals surface area contributed by atoms with Gasteiger partial charge in [-0.2, -0.15) is 13.2 Å². The molecule has 3 rings (SSSR count). The van der Waals surface area contributed by atoms with Crippen LogP contribution in [0.2, 0.25) is 5.02 Å². The standard InChI is InChI=1S/C23H22ClF4N3O3/c1-33-19-12-18-15(22(30-13-29-18)31-14-7-8-17(25)16(24)10-14)11-20(19)34-9-5-3-2-4-6-21(32)23(26,27)28/h7-8,10-13H,2-6,9H2,1H3,(H,29,30,31). The van der Waals surface area contributed by atoms with E-state index in [4.69, 9.17) is 21.1 Å². The molecule has 0 amide bonds. The van der Waals surface area contributed by atoms with Gasteiger partial charge in [-0.1, -0.05) is 24.4 Å². The minimum absolute atomic E-state index is 0.0307. The fraction of sp³-hybridized carbons (Fsp3) is 0.348. The van der Waals surface area contributed by atoms with E-state index in [0.717, 1.165) is 0 Å². The van der Waals surface area contributed by atoms with Crippen molar-refractivity contribution in [3.63, 3.8) is 0 Å². The van der Waals surface area contributed by atoms with E-state index in [9.17, 15) is 22.4 Å². The molecule has 0 fully saturated rings. The molecule has 182 valence electrons. The molecule has 6 nitrogen and oxygen atoms in total. The third kappa shape index (κ3) is 6.69. The van der Waals surface area contributed by atoms with Gasteiger partial charge in [0.1, 0.15) is 18.0 Å². The number of aromatic nitrogens is 2. The van der Waals surface area contributed by atoms with Gasteiger partial charge in [0.25, 0.3) is 0 Å². The predicted octanol–water partition coefficient (Wildman–Crippen LogP) is 6.64. The second kappa shape index (κ2) is 11.3. The average Bonchev–Trinajstić information content (AvgIpc) is 2.79. The lowest BCUT2D eigenvalue weighted by molar-refractivity contribution is -0.171. The number of Topliss-reactive ketones (excluding diaryl/α,β-unsaturated/α-hetero) is 1. The third-order valence-electron chi connectivity index (χ3n) is 4.97. The summed E-state index contributed by atoms with van der Waals surface area (Å²) in [5.74, 6) is -0.879. The Labute approximate surface area is 198 Å². The minimum Gasteiger partial charge on any atom is -0.493 e. The monoisotopic (exact) mass is 499 g/mol. The Balaban J connectivity index is 1.63. The van der Waals surface area contributed by atoms with Crippen LogP contribution >= 0.6 is 11.6 Å². The molecule has 3 aromatic rings. The quantitative estimate of drug-likeness (QED) is 0.236. The smallest absolute Gasteiger partial charge is 0.449 e. The van der Waals surface area contributed by atoms with Crippen LogP contribution in [0, 0.1) is 5.82 Å². The van der Waals surface area contributed by atoms with Gasteiger partial charge in [-0.25, -0.2) is 14.4 Å². The fourth-order valence-corrected chi connectivity index (χ4v) is 3.39. The average molecular weight is 500 g/mol. The number of benzene rings is 2. The van der Waals surface area contributed by atoms with Crippen LogP contribution in [0.15, 0.2) is 36.7 Å². The van der Waals surface area contributed by atoms with Crippen molar-refractivity contribution in [1.29, 1.82) is 0 Å². The summed E-state index contributed by atoms with van der Waals surface area (Å²) in [4.78, 5) is 19.4. The zero-order chi connectivity index (χ0) is 24.7. The lowest BCUT2D eigenvalue weighted by atomic mass is 10.1. The van der Waals surface area contributed by atoms with Crippen molar-refractivity contribution in [3.05, 3.63) is 47.5 Å². The van der Waals surface area contributed by atoms with Gasteiger partial charge < -0.3 is 14.8 Å². The number of ketones is 1. The van der Waals surface area contributed by atoms with E-state index in [1.54, 1.807) is 12.1 Å². The zero-order valence-corrected chi connectivity index (χ0v) is 19.0. The van der Waals surface area contributed by atoms with Gasteiger partial charge in [-0.3, -0.25) is 4.79 Å². The van der Waals surface area contributed by atoms with Crippen molar-refractivity contribution in [2.75, 3.05) is 19.0 Å². The molecule has 11 heteroatoms. The summed E-state index contributed by atoms with van der Waals surface area (Å²) in [6.07, 6.45) is -2.03. The van der Waals surface area contributed by atoms with E-state index in [0.29, 0.717) is 59.8 Å². The van der Waals surface area contributed by atoms with Gasteiger partial charge in [0, 0.05) is 23.6 Å². The maximum absolute atomic E-state index is 13.4. The fourth-order valence-electron chi connectivity index (χ4n) is 3.21. The Hall–Kier alpha value is -3.14. The second-order valence-electron chi connectivity index (χ2n) is 7.43. The number of fused-ring (bicyclic) bond motifs is 1. The molecule has 1 heterocycles. The van der Waals surface area contributed by atoms with Crippen LogP contribution < -0.4 is 14.8 Å². The molecule has 1 N–H and O–H groups in total. The maximum Gasteiger partial charge on any atom is 0.449 e. The number of rotatable bonds is 11. The van der Waals surface area contributed by atoms with Crippen LogP contribution in [0.3, 0.4) is 0 Å². The van der Waals surface area contributed by atoms with Crippen LogP contribution in [0.5, 0.6) is 11.5 Å². The molecule has 0 atom stereocenters. The molecular formula is C23H22ClF4N3O3. The van der Waals surface area contributed by atoms with E-state index >= 15 is 0 Å². The molecule has 0 radical (unpaired) electrons. The highest BCUT2D eigenvalue weighted by Gasteiger charge is 2.37. The molecule has 0 bridgehead atoms. The van der Waals surface area contributed by atoms with Gasteiger partial charge in [0.2, 0.25) is 5.78 Å².